The number of hydrogen-bond donors (Lipinski definition) is 1. The quantitative estimate of drug-likeness (QED) is 0.867. The van der Waals surface area contributed by atoms with Crippen molar-refractivity contribution < 1.29 is 18.0 Å². The van der Waals surface area contributed by atoms with Crippen molar-refractivity contribution in [2.24, 2.45) is 5.73 Å². The van der Waals surface area contributed by atoms with Gasteiger partial charge in [-0.25, -0.2) is 0 Å². The highest BCUT2D eigenvalue weighted by Crippen LogP contribution is 2.32. The van der Waals surface area contributed by atoms with E-state index in [0.717, 1.165) is 18.2 Å². The van der Waals surface area contributed by atoms with Crippen molar-refractivity contribution in [1.82, 2.24) is 4.90 Å². The zero-order valence-corrected chi connectivity index (χ0v) is 11.5. The molecule has 1 amide bonds. The fourth-order valence-corrected chi connectivity index (χ4v) is 2.57. The van der Waals surface area contributed by atoms with E-state index >= 15 is 0 Å². The van der Waals surface area contributed by atoms with Crippen LogP contribution in [-0.4, -0.2) is 29.4 Å². The summed E-state index contributed by atoms with van der Waals surface area (Å²) in [7, 11) is 0. The summed E-state index contributed by atoms with van der Waals surface area (Å²) in [6.45, 7) is 2.14. The summed E-state index contributed by atoms with van der Waals surface area (Å²) in [6.07, 6.45) is -3.88. The van der Waals surface area contributed by atoms with E-state index < -0.39 is 17.6 Å². The molecule has 0 aromatic heterocycles. The molecule has 1 heterocycles. The van der Waals surface area contributed by atoms with E-state index in [0.29, 0.717) is 13.0 Å². The number of carbonyl (C=O) groups excluding carboxylic acids is 1. The molecule has 2 atom stereocenters. The summed E-state index contributed by atoms with van der Waals surface area (Å²) in [5.74, 6) is -0.512. The van der Waals surface area contributed by atoms with E-state index in [1.807, 2.05) is 6.92 Å². The van der Waals surface area contributed by atoms with Crippen LogP contribution in [-0.2, 0) is 6.18 Å². The molecule has 2 unspecified atom stereocenters. The third-order valence-electron chi connectivity index (χ3n) is 3.39. The molecule has 1 aromatic carbocycles. The van der Waals surface area contributed by atoms with E-state index in [2.05, 4.69) is 0 Å². The van der Waals surface area contributed by atoms with Crippen LogP contribution in [0, 0.1) is 0 Å². The fraction of sp³-hybridized carbons (Fsp3) is 0.462. The molecule has 0 radical (unpaired) electrons. The van der Waals surface area contributed by atoms with E-state index in [4.69, 9.17) is 17.3 Å². The van der Waals surface area contributed by atoms with Crippen molar-refractivity contribution in [3.63, 3.8) is 0 Å². The van der Waals surface area contributed by atoms with Crippen molar-refractivity contribution >= 4 is 17.5 Å². The van der Waals surface area contributed by atoms with Gasteiger partial charge in [0.15, 0.2) is 0 Å². The zero-order chi connectivity index (χ0) is 15.1. The van der Waals surface area contributed by atoms with Gasteiger partial charge in [0.1, 0.15) is 0 Å². The summed E-state index contributed by atoms with van der Waals surface area (Å²) < 4.78 is 38.1. The first kappa shape index (κ1) is 15.1. The maximum atomic E-state index is 12.7. The van der Waals surface area contributed by atoms with Crippen LogP contribution in [0.5, 0.6) is 0 Å². The second-order valence-electron chi connectivity index (χ2n) is 4.99. The van der Waals surface area contributed by atoms with Crippen LogP contribution >= 0.6 is 11.6 Å². The van der Waals surface area contributed by atoms with Gasteiger partial charge in [-0.3, -0.25) is 4.79 Å². The summed E-state index contributed by atoms with van der Waals surface area (Å²) in [5, 5.41) is 0.00988. The molecule has 0 aliphatic carbocycles. The highest BCUT2D eigenvalue weighted by atomic mass is 35.5. The Morgan fingerprint density at radius 2 is 2.10 bits per heavy atom. The first-order valence-electron chi connectivity index (χ1n) is 6.13. The molecule has 2 N–H and O–H groups in total. The lowest BCUT2D eigenvalue weighted by molar-refractivity contribution is -0.137. The Balaban J connectivity index is 2.35. The number of halogens is 4. The predicted molar refractivity (Wildman–Crippen MR) is 69.5 cm³/mol. The molecule has 1 aliphatic heterocycles. The van der Waals surface area contributed by atoms with E-state index in [9.17, 15) is 18.0 Å². The van der Waals surface area contributed by atoms with Crippen LogP contribution in [0.1, 0.15) is 29.3 Å². The predicted octanol–water partition coefficient (Wildman–Crippen LogP) is 2.92. The molecule has 1 fully saturated rings. The maximum Gasteiger partial charge on any atom is 0.416 e. The van der Waals surface area contributed by atoms with Gasteiger partial charge in [-0.1, -0.05) is 11.6 Å². The fourth-order valence-electron chi connectivity index (χ4n) is 2.38. The molecular formula is C13H14ClF3N2O. The molecule has 1 saturated heterocycles. The van der Waals surface area contributed by atoms with Gasteiger partial charge in [0.2, 0.25) is 0 Å². The van der Waals surface area contributed by atoms with Gasteiger partial charge in [-0.2, -0.15) is 13.2 Å². The number of alkyl halides is 3. The summed E-state index contributed by atoms with van der Waals surface area (Å²) in [5.41, 5.74) is 4.74. The van der Waals surface area contributed by atoms with Crippen molar-refractivity contribution in [3.05, 3.63) is 34.3 Å². The lowest BCUT2D eigenvalue weighted by Gasteiger charge is -2.22. The first-order valence-corrected chi connectivity index (χ1v) is 6.51. The summed E-state index contributed by atoms with van der Waals surface area (Å²) in [6, 6.07) is 2.49. The molecule has 0 saturated carbocycles. The topological polar surface area (TPSA) is 46.3 Å². The third kappa shape index (κ3) is 2.91. The zero-order valence-electron chi connectivity index (χ0n) is 10.7. The Kier molecular flexibility index (Phi) is 3.97. The molecule has 110 valence electrons. The molecule has 20 heavy (non-hydrogen) atoms. The minimum Gasteiger partial charge on any atom is -0.334 e. The Morgan fingerprint density at radius 3 is 2.60 bits per heavy atom. The molecule has 3 nitrogen and oxygen atoms in total. The SMILES string of the molecule is CC1CC(N)CN1C(=O)c1cc(C(F)(F)F)ccc1Cl. The second-order valence-corrected chi connectivity index (χ2v) is 5.40. The molecule has 0 spiro atoms. The third-order valence-corrected chi connectivity index (χ3v) is 3.72. The highest BCUT2D eigenvalue weighted by molar-refractivity contribution is 6.33. The van der Waals surface area contributed by atoms with E-state index in [1.54, 1.807) is 0 Å². The number of nitrogens with zero attached hydrogens (tertiary/aromatic N) is 1. The minimum absolute atomic E-state index is 0.00988. The lowest BCUT2D eigenvalue weighted by Crippen LogP contribution is -2.35. The Bertz CT molecular complexity index is 533. The molecular weight excluding hydrogens is 293 g/mol. The van der Waals surface area contributed by atoms with Crippen LogP contribution in [0.25, 0.3) is 0 Å². The number of carbonyl (C=O) groups is 1. The van der Waals surface area contributed by atoms with Gasteiger partial charge in [0.05, 0.1) is 16.1 Å². The summed E-state index contributed by atoms with van der Waals surface area (Å²) in [4.78, 5) is 13.8. The number of hydrogen-bond acceptors (Lipinski definition) is 2. The van der Waals surface area contributed by atoms with Crippen LogP contribution < -0.4 is 5.73 Å². The summed E-state index contributed by atoms with van der Waals surface area (Å²) >= 11 is 5.86. The number of rotatable bonds is 1. The van der Waals surface area contributed by atoms with Crippen LogP contribution in [0.4, 0.5) is 13.2 Å². The van der Waals surface area contributed by atoms with Gasteiger partial charge in [-0.05, 0) is 31.5 Å². The Hall–Kier alpha value is -1.27. The Labute approximate surface area is 119 Å². The van der Waals surface area contributed by atoms with Crippen molar-refractivity contribution in [3.8, 4) is 0 Å². The monoisotopic (exact) mass is 306 g/mol. The van der Waals surface area contributed by atoms with E-state index in [1.165, 1.54) is 4.90 Å². The van der Waals surface area contributed by atoms with Crippen molar-refractivity contribution in [2.75, 3.05) is 6.54 Å². The van der Waals surface area contributed by atoms with Gasteiger partial charge in [-0.15, -0.1) is 0 Å². The number of benzene rings is 1. The maximum absolute atomic E-state index is 12.7. The van der Waals surface area contributed by atoms with Crippen molar-refractivity contribution in [2.45, 2.75) is 31.6 Å². The van der Waals surface area contributed by atoms with Gasteiger partial charge >= 0.3 is 6.18 Å². The number of nitrogens with two attached hydrogens (primary N) is 1. The average Bonchev–Trinajstić information content (AvgIpc) is 2.66. The minimum atomic E-state index is -4.51. The smallest absolute Gasteiger partial charge is 0.334 e. The number of likely N-dealkylation sites (tertiary alicyclic amines) is 1. The molecule has 1 aliphatic rings. The van der Waals surface area contributed by atoms with Crippen LogP contribution in [0.3, 0.4) is 0 Å². The van der Waals surface area contributed by atoms with Gasteiger partial charge < -0.3 is 10.6 Å². The number of amides is 1. The standard InChI is InChI=1S/C13H14ClF3N2O/c1-7-4-9(18)6-19(7)12(20)10-5-8(13(15,16)17)2-3-11(10)14/h2-3,5,7,9H,4,6,18H2,1H3. The van der Waals surface area contributed by atoms with Crippen LogP contribution in [0.15, 0.2) is 18.2 Å². The van der Waals surface area contributed by atoms with Crippen LogP contribution in [0.2, 0.25) is 5.02 Å². The second kappa shape index (κ2) is 5.26. The lowest BCUT2D eigenvalue weighted by atomic mass is 10.1. The molecule has 2 rings (SSSR count). The Morgan fingerprint density at radius 1 is 1.45 bits per heavy atom. The average molecular weight is 307 g/mol. The highest BCUT2D eigenvalue weighted by Gasteiger charge is 2.35. The van der Waals surface area contributed by atoms with Crippen molar-refractivity contribution in [1.29, 1.82) is 0 Å². The largest absolute Gasteiger partial charge is 0.416 e. The molecule has 7 heteroatoms. The molecule has 1 aromatic rings. The molecule has 0 bridgehead atoms. The van der Waals surface area contributed by atoms with E-state index in [-0.39, 0.29) is 22.7 Å². The van der Waals surface area contributed by atoms with Gasteiger partial charge in [0, 0.05) is 18.6 Å². The normalized spacial score (nSPS) is 23.2. The van der Waals surface area contributed by atoms with Gasteiger partial charge in [0.25, 0.3) is 5.91 Å². The first-order chi connectivity index (χ1) is 9.20.